The fourth-order valence-corrected chi connectivity index (χ4v) is 1.71. The predicted molar refractivity (Wildman–Crippen MR) is 66.6 cm³/mol. The molecule has 94 valence electrons. The van der Waals surface area contributed by atoms with Crippen LogP contribution in [0.5, 0.6) is 0 Å². The predicted octanol–water partition coefficient (Wildman–Crippen LogP) is 2.57. The molecule has 0 aromatic carbocycles. The van der Waals surface area contributed by atoms with Crippen LogP contribution in [0.2, 0.25) is 0 Å². The molecule has 1 unspecified atom stereocenters. The van der Waals surface area contributed by atoms with Crippen molar-refractivity contribution < 1.29 is 14.3 Å². The second-order valence-corrected chi connectivity index (χ2v) is 5.75. The molecular weight excluding hydrogens is 226 g/mol. The maximum absolute atomic E-state index is 11.4. The summed E-state index contributed by atoms with van der Waals surface area (Å²) in [6.45, 7) is 8.93. The van der Waals surface area contributed by atoms with Crippen molar-refractivity contribution in [2.75, 3.05) is 5.75 Å². The molecule has 0 bridgehead atoms. The van der Waals surface area contributed by atoms with E-state index in [4.69, 9.17) is 4.74 Å². The fraction of sp³-hybridized carbons (Fsp3) is 0.818. The van der Waals surface area contributed by atoms with Gasteiger partial charge in [-0.05, 0) is 27.2 Å². The van der Waals surface area contributed by atoms with Gasteiger partial charge < -0.3 is 10.1 Å². The van der Waals surface area contributed by atoms with Crippen LogP contribution in [0.15, 0.2) is 0 Å². The zero-order valence-electron chi connectivity index (χ0n) is 10.6. The van der Waals surface area contributed by atoms with E-state index in [1.54, 1.807) is 0 Å². The number of hydrogen-bond acceptors (Lipinski definition) is 4. The smallest absolute Gasteiger partial charge is 0.407 e. The number of amides is 1. The minimum atomic E-state index is -0.490. The van der Waals surface area contributed by atoms with Crippen LogP contribution in [-0.4, -0.2) is 28.6 Å². The second-order valence-electron chi connectivity index (χ2n) is 4.55. The Balaban J connectivity index is 4.02. The number of carbonyl (C=O) groups is 2. The quantitative estimate of drug-likeness (QED) is 0.829. The second kappa shape index (κ2) is 6.78. The van der Waals surface area contributed by atoms with Crippen molar-refractivity contribution >= 4 is 23.0 Å². The lowest BCUT2D eigenvalue weighted by Gasteiger charge is -2.22. The van der Waals surface area contributed by atoms with Gasteiger partial charge >= 0.3 is 6.09 Å². The normalized spacial score (nSPS) is 13.1. The molecule has 0 aromatic heterocycles. The number of alkyl carbamates (subject to hydrolysis) is 1. The summed E-state index contributed by atoms with van der Waals surface area (Å²) in [6, 6.07) is -0.0243. The molecule has 4 nitrogen and oxygen atoms in total. The first-order valence-corrected chi connectivity index (χ1v) is 6.36. The molecule has 1 N–H and O–H groups in total. The average Bonchev–Trinajstić information content (AvgIpc) is 2.08. The first-order chi connectivity index (χ1) is 7.24. The van der Waals surface area contributed by atoms with Gasteiger partial charge in [0, 0.05) is 18.7 Å². The van der Waals surface area contributed by atoms with Gasteiger partial charge in [0.05, 0.1) is 0 Å². The molecular formula is C11H21NO3S. The molecule has 1 atom stereocenters. The van der Waals surface area contributed by atoms with Crippen LogP contribution in [0, 0.1) is 0 Å². The van der Waals surface area contributed by atoms with E-state index in [2.05, 4.69) is 5.32 Å². The number of ether oxygens (including phenoxy) is 1. The van der Waals surface area contributed by atoms with E-state index < -0.39 is 11.7 Å². The van der Waals surface area contributed by atoms with Gasteiger partial charge in [0.1, 0.15) is 5.60 Å². The van der Waals surface area contributed by atoms with Gasteiger partial charge in [-0.1, -0.05) is 18.7 Å². The van der Waals surface area contributed by atoms with Crippen molar-refractivity contribution in [2.24, 2.45) is 0 Å². The van der Waals surface area contributed by atoms with Crippen molar-refractivity contribution in [1.29, 1.82) is 0 Å². The molecule has 0 aliphatic heterocycles. The fourth-order valence-electron chi connectivity index (χ4n) is 0.954. The van der Waals surface area contributed by atoms with E-state index in [0.29, 0.717) is 5.75 Å². The summed E-state index contributed by atoms with van der Waals surface area (Å²) in [5.74, 6) is 0.588. The highest BCUT2D eigenvalue weighted by Crippen LogP contribution is 2.09. The average molecular weight is 247 g/mol. The van der Waals surface area contributed by atoms with Gasteiger partial charge in [-0.15, -0.1) is 0 Å². The number of rotatable bonds is 4. The summed E-state index contributed by atoms with van der Waals surface area (Å²) in [5, 5.41) is 2.80. The first-order valence-electron chi connectivity index (χ1n) is 5.37. The summed E-state index contributed by atoms with van der Waals surface area (Å²) in [7, 11) is 0. The van der Waals surface area contributed by atoms with E-state index in [0.717, 1.165) is 6.42 Å². The Bertz CT molecular complexity index is 248. The standard InChI is InChI=1S/C11H21NO3S/c1-6-9(7-16-8(2)13)12-10(14)15-11(3,4)5/h9H,6-7H2,1-5H3,(H,12,14). The van der Waals surface area contributed by atoms with Crippen molar-refractivity contribution in [3.63, 3.8) is 0 Å². The van der Waals surface area contributed by atoms with Gasteiger partial charge in [-0.3, -0.25) is 4.79 Å². The molecule has 0 spiro atoms. The highest BCUT2D eigenvalue weighted by Gasteiger charge is 2.18. The van der Waals surface area contributed by atoms with Crippen LogP contribution in [0.4, 0.5) is 4.79 Å². The molecule has 5 heteroatoms. The van der Waals surface area contributed by atoms with E-state index >= 15 is 0 Å². The zero-order valence-corrected chi connectivity index (χ0v) is 11.4. The molecule has 0 fully saturated rings. The molecule has 0 aliphatic rings. The third-order valence-corrected chi connectivity index (χ3v) is 2.68. The van der Waals surface area contributed by atoms with E-state index in [9.17, 15) is 9.59 Å². The third-order valence-electron chi connectivity index (χ3n) is 1.70. The van der Waals surface area contributed by atoms with Crippen molar-refractivity contribution in [1.82, 2.24) is 5.32 Å². The largest absolute Gasteiger partial charge is 0.444 e. The van der Waals surface area contributed by atoms with Gasteiger partial charge in [-0.2, -0.15) is 0 Å². The molecule has 0 rings (SSSR count). The lowest BCUT2D eigenvalue weighted by atomic mass is 10.2. The van der Waals surface area contributed by atoms with Crippen LogP contribution in [0.25, 0.3) is 0 Å². The van der Waals surface area contributed by atoms with Crippen LogP contribution in [0.3, 0.4) is 0 Å². The lowest BCUT2D eigenvalue weighted by molar-refractivity contribution is -0.109. The van der Waals surface area contributed by atoms with Crippen LogP contribution < -0.4 is 5.32 Å². The summed E-state index contributed by atoms with van der Waals surface area (Å²) >= 11 is 1.21. The summed E-state index contributed by atoms with van der Waals surface area (Å²) in [5.41, 5.74) is -0.490. The molecule has 0 heterocycles. The van der Waals surface area contributed by atoms with Crippen LogP contribution in [-0.2, 0) is 9.53 Å². The first kappa shape index (κ1) is 15.3. The molecule has 0 saturated heterocycles. The Kier molecular flexibility index (Phi) is 6.48. The Morgan fingerprint density at radius 3 is 2.31 bits per heavy atom. The van der Waals surface area contributed by atoms with Crippen LogP contribution in [0.1, 0.15) is 41.0 Å². The highest BCUT2D eigenvalue weighted by molar-refractivity contribution is 8.13. The Hall–Kier alpha value is -0.710. The Morgan fingerprint density at radius 1 is 1.38 bits per heavy atom. The Labute approximate surface area is 101 Å². The van der Waals surface area contributed by atoms with Crippen molar-refractivity contribution in [3.05, 3.63) is 0 Å². The monoisotopic (exact) mass is 247 g/mol. The van der Waals surface area contributed by atoms with E-state index in [-0.39, 0.29) is 11.2 Å². The minimum Gasteiger partial charge on any atom is -0.444 e. The van der Waals surface area contributed by atoms with Crippen molar-refractivity contribution in [3.8, 4) is 0 Å². The van der Waals surface area contributed by atoms with Gasteiger partial charge in [0.2, 0.25) is 0 Å². The van der Waals surface area contributed by atoms with Gasteiger partial charge in [-0.25, -0.2) is 4.79 Å². The number of thioether (sulfide) groups is 1. The summed E-state index contributed by atoms with van der Waals surface area (Å²) < 4.78 is 5.13. The maximum Gasteiger partial charge on any atom is 0.407 e. The minimum absolute atomic E-state index is 0.0243. The van der Waals surface area contributed by atoms with Crippen LogP contribution >= 0.6 is 11.8 Å². The molecule has 0 radical (unpaired) electrons. The SMILES string of the molecule is CCC(CSC(C)=O)NC(=O)OC(C)(C)C. The highest BCUT2D eigenvalue weighted by atomic mass is 32.2. The number of carbonyl (C=O) groups excluding carboxylic acids is 2. The number of hydrogen-bond donors (Lipinski definition) is 1. The molecule has 0 aliphatic carbocycles. The summed E-state index contributed by atoms with van der Waals surface area (Å²) in [6.07, 6.45) is 0.350. The zero-order chi connectivity index (χ0) is 12.8. The third kappa shape index (κ3) is 8.59. The maximum atomic E-state index is 11.4. The summed E-state index contributed by atoms with van der Waals surface area (Å²) in [4.78, 5) is 22.2. The van der Waals surface area contributed by atoms with E-state index in [1.165, 1.54) is 18.7 Å². The van der Waals surface area contributed by atoms with Gasteiger partial charge in [0.25, 0.3) is 0 Å². The topological polar surface area (TPSA) is 55.4 Å². The molecule has 0 saturated carbocycles. The van der Waals surface area contributed by atoms with E-state index in [1.807, 2.05) is 27.7 Å². The Morgan fingerprint density at radius 2 is 1.94 bits per heavy atom. The lowest BCUT2D eigenvalue weighted by Crippen LogP contribution is -2.40. The molecule has 1 amide bonds. The molecule has 16 heavy (non-hydrogen) atoms. The number of nitrogens with one attached hydrogen (secondary N) is 1. The van der Waals surface area contributed by atoms with Crippen molar-refractivity contribution in [2.45, 2.75) is 52.7 Å². The van der Waals surface area contributed by atoms with Gasteiger partial charge in [0.15, 0.2) is 5.12 Å². The molecule has 0 aromatic rings.